The molecule has 0 radical (unpaired) electrons. The zero-order valence-corrected chi connectivity index (χ0v) is 13.1. The molecule has 8 heteroatoms. The van der Waals surface area contributed by atoms with E-state index in [0.717, 1.165) is 5.56 Å². The highest BCUT2D eigenvalue weighted by atomic mass is 16.4. The number of benzene rings is 1. The van der Waals surface area contributed by atoms with Gasteiger partial charge in [0.1, 0.15) is 6.54 Å². The summed E-state index contributed by atoms with van der Waals surface area (Å²) in [5, 5.41) is 24.0. The summed E-state index contributed by atoms with van der Waals surface area (Å²) in [4.78, 5) is 24.3. The summed E-state index contributed by atoms with van der Waals surface area (Å²) in [6, 6.07) is 9.45. The monoisotopic (exact) mass is 329 g/mol. The van der Waals surface area contributed by atoms with Crippen LogP contribution in [0, 0.1) is 5.92 Å². The molecule has 2 N–H and O–H groups in total. The molecule has 1 amide bonds. The number of nitrogens with one attached hydrogen (secondary N) is 1. The van der Waals surface area contributed by atoms with E-state index in [1.807, 2.05) is 30.3 Å². The van der Waals surface area contributed by atoms with Gasteiger partial charge in [-0.05, 0) is 30.9 Å². The van der Waals surface area contributed by atoms with E-state index >= 15 is 0 Å². The fourth-order valence-corrected chi connectivity index (χ4v) is 2.90. The Kier molecular flexibility index (Phi) is 4.83. The molecule has 0 atom stereocenters. The minimum absolute atomic E-state index is 0.00130. The van der Waals surface area contributed by atoms with Crippen molar-refractivity contribution in [3.8, 4) is 11.4 Å². The summed E-state index contributed by atoms with van der Waals surface area (Å²) < 4.78 is 0. The fourth-order valence-electron chi connectivity index (χ4n) is 2.90. The number of hydrogen-bond donors (Lipinski definition) is 2. The maximum absolute atomic E-state index is 12.1. The molecular formula is C16H19N5O3. The lowest BCUT2D eigenvalue weighted by Gasteiger charge is -2.26. The number of carbonyl (C=O) groups is 2. The predicted molar refractivity (Wildman–Crippen MR) is 84.8 cm³/mol. The van der Waals surface area contributed by atoms with Crippen molar-refractivity contribution in [3.63, 3.8) is 0 Å². The van der Waals surface area contributed by atoms with Crippen LogP contribution in [0.4, 0.5) is 0 Å². The molecule has 8 nitrogen and oxygen atoms in total. The molecule has 1 heterocycles. The van der Waals surface area contributed by atoms with Crippen LogP contribution in [0.3, 0.4) is 0 Å². The van der Waals surface area contributed by atoms with E-state index in [1.165, 1.54) is 4.80 Å². The highest BCUT2D eigenvalue weighted by molar-refractivity contribution is 5.76. The van der Waals surface area contributed by atoms with Crippen LogP contribution in [-0.2, 0) is 16.1 Å². The molecular weight excluding hydrogens is 310 g/mol. The van der Waals surface area contributed by atoms with Crippen LogP contribution in [0.15, 0.2) is 30.3 Å². The normalized spacial score (nSPS) is 20.5. The summed E-state index contributed by atoms with van der Waals surface area (Å²) in [6.45, 7) is -0.00130. The van der Waals surface area contributed by atoms with Gasteiger partial charge in [-0.1, -0.05) is 30.3 Å². The average Bonchev–Trinajstić information content (AvgIpc) is 3.04. The van der Waals surface area contributed by atoms with Gasteiger partial charge in [-0.2, -0.15) is 4.80 Å². The minimum Gasteiger partial charge on any atom is -0.481 e. The highest BCUT2D eigenvalue weighted by Gasteiger charge is 2.26. The highest BCUT2D eigenvalue weighted by Crippen LogP contribution is 2.24. The lowest BCUT2D eigenvalue weighted by molar-refractivity contribution is -0.142. The summed E-state index contributed by atoms with van der Waals surface area (Å²) in [7, 11) is 0. The van der Waals surface area contributed by atoms with Gasteiger partial charge in [0.05, 0.1) is 5.92 Å². The van der Waals surface area contributed by atoms with Crippen LogP contribution in [0.1, 0.15) is 25.7 Å². The van der Waals surface area contributed by atoms with Crippen molar-refractivity contribution < 1.29 is 14.7 Å². The third-order valence-electron chi connectivity index (χ3n) is 4.21. The largest absolute Gasteiger partial charge is 0.481 e. The molecule has 1 aliphatic carbocycles. The van der Waals surface area contributed by atoms with Crippen molar-refractivity contribution in [2.75, 3.05) is 0 Å². The van der Waals surface area contributed by atoms with Gasteiger partial charge in [0.25, 0.3) is 0 Å². The van der Waals surface area contributed by atoms with Crippen molar-refractivity contribution in [2.45, 2.75) is 38.3 Å². The second-order valence-corrected chi connectivity index (χ2v) is 5.96. The number of carboxylic acid groups (broad SMARTS) is 1. The van der Waals surface area contributed by atoms with Crippen LogP contribution in [0.2, 0.25) is 0 Å². The average molecular weight is 329 g/mol. The molecule has 0 saturated heterocycles. The van der Waals surface area contributed by atoms with E-state index in [0.29, 0.717) is 31.5 Å². The minimum atomic E-state index is -0.750. The van der Waals surface area contributed by atoms with Crippen LogP contribution in [0.5, 0.6) is 0 Å². The van der Waals surface area contributed by atoms with Gasteiger partial charge < -0.3 is 10.4 Å². The van der Waals surface area contributed by atoms with Crippen LogP contribution in [0.25, 0.3) is 11.4 Å². The van der Waals surface area contributed by atoms with Crippen LogP contribution in [-0.4, -0.2) is 43.2 Å². The maximum Gasteiger partial charge on any atom is 0.306 e. The van der Waals surface area contributed by atoms with E-state index in [-0.39, 0.29) is 24.4 Å². The Balaban J connectivity index is 1.51. The Labute approximate surface area is 138 Å². The third-order valence-corrected chi connectivity index (χ3v) is 4.21. The first-order valence-corrected chi connectivity index (χ1v) is 7.97. The Morgan fingerprint density at radius 1 is 1.17 bits per heavy atom. The Bertz CT molecular complexity index is 708. The number of aromatic nitrogens is 4. The van der Waals surface area contributed by atoms with Gasteiger partial charge in [0.2, 0.25) is 11.7 Å². The fraction of sp³-hybridized carbons (Fsp3) is 0.438. The number of carbonyl (C=O) groups excluding carboxylic acids is 1. The second-order valence-electron chi connectivity index (χ2n) is 5.96. The smallest absolute Gasteiger partial charge is 0.306 e. The van der Waals surface area contributed by atoms with Gasteiger partial charge in [0.15, 0.2) is 0 Å². The quantitative estimate of drug-likeness (QED) is 0.850. The molecule has 1 fully saturated rings. The van der Waals surface area contributed by atoms with Crippen molar-refractivity contribution in [1.29, 1.82) is 0 Å². The van der Waals surface area contributed by atoms with Gasteiger partial charge in [-0.15, -0.1) is 10.2 Å². The first kappa shape index (κ1) is 16.1. The maximum atomic E-state index is 12.1. The molecule has 0 unspecified atom stereocenters. The number of aliphatic carboxylic acids is 1. The van der Waals surface area contributed by atoms with Gasteiger partial charge in [-0.25, -0.2) is 0 Å². The van der Waals surface area contributed by atoms with Crippen molar-refractivity contribution in [3.05, 3.63) is 30.3 Å². The molecule has 1 aromatic heterocycles. The summed E-state index contributed by atoms with van der Waals surface area (Å²) >= 11 is 0. The Morgan fingerprint density at radius 3 is 2.54 bits per heavy atom. The first-order valence-electron chi connectivity index (χ1n) is 7.97. The third kappa shape index (κ3) is 3.95. The molecule has 0 bridgehead atoms. The zero-order valence-electron chi connectivity index (χ0n) is 13.1. The van der Waals surface area contributed by atoms with E-state index in [9.17, 15) is 9.59 Å². The molecule has 2 aromatic rings. The molecule has 1 aliphatic rings. The lowest BCUT2D eigenvalue weighted by Crippen LogP contribution is -2.40. The molecule has 3 rings (SSSR count). The molecule has 0 aliphatic heterocycles. The molecule has 24 heavy (non-hydrogen) atoms. The van der Waals surface area contributed by atoms with Crippen molar-refractivity contribution in [1.82, 2.24) is 25.5 Å². The number of hydrogen-bond acceptors (Lipinski definition) is 5. The van der Waals surface area contributed by atoms with Gasteiger partial charge in [0, 0.05) is 11.6 Å². The molecule has 1 saturated carbocycles. The van der Waals surface area contributed by atoms with E-state index in [2.05, 4.69) is 20.7 Å². The number of nitrogens with zero attached hydrogens (tertiary/aromatic N) is 4. The number of tetrazole rings is 1. The Hall–Kier alpha value is -2.77. The number of rotatable bonds is 5. The van der Waals surface area contributed by atoms with Crippen LogP contribution >= 0.6 is 0 Å². The summed E-state index contributed by atoms with van der Waals surface area (Å²) in [5.74, 6) is -0.750. The van der Waals surface area contributed by atoms with Crippen molar-refractivity contribution in [2.24, 2.45) is 5.92 Å². The predicted octanol–water partition coefficient (Wildman–Crippen LogP) is 1.10. The van der Waals surface area contributed by atoms with E-state index in [1.54, 1.807) is 0 Å². The summed E-state index contributed by atoms with van der Waals surface area (Å²) in [6.07, 6.45) is 2.56. The lowest BCUT2D eigenvalue weighted by atomic mass is 9.86. The van der Waals surface area contributed by atoms with E-state index < -0.39 is 5.97 Å². The topological polar surface area (TPSA) is 110 Å². The number of amides is 1. The van der Waals surface area contributed by atoms with E-state index in [4.69, 9.17) is 5.11 Å². The van der Waals surface area contributed by atoms with Crippen molar-refractivity contribution >= 4 is 11.9 Å². The standard InChI is InChI=1S/C16H19N5O3/c22-14(17-13-8-6-12(7-9-13)16(23)24)10-21-19-15(18-20-21)11-4-2-1-3-5-11/h1-5,12-13H,6-10H2,(H,17,22)(H,23,24). The zero-order chi connectivity index (χ0) is 16.9. The Morgan fingerprint density at radius 2 is 1.88 bits per heavy atom. The molecule has 126 valence electrons. The van der Waals surface area contributed by atoms with Crippen LogP contribution < -0.4 is 5.32 Å². The SMILES string of the molecule is O=C(Cn1nnc(-c2ccccc2)n1)NC1CCC(C(=O)O)CC1. The number of carboxylic acids is 1. The molecule has 1 aromatic carbocycles. The first-order chi connectivity index (χ1) is 11.6. The van der Waals surface area contributed by atoms with Gasteiger partial charge in [-0.3, -0.25) is 9.59 Å². The second kappa shape index (κ2) is 7.20. The molecule has 0 spiro atoms. The van der Waals surface area contributed by atoms with Gasteiger partial charge >= 0.3 is 5.97 Å². The summed E-state index contributed by atoms with van der Waals surface area (Å²) in [5.41, 5.74) is 0.844.